The molecule has 1 saturated heterocycles. The van der Waals surface area contributed by atoms with Crippen molar-refractivity contribution in [3.8, 4) is 5.75 Å². The molecule has 0 unspecified atom stereocenters. The Bertz CT molecular complexity index is 956. The molecule has 25 heavy (non-hydrogen) atoms. The number of aryl methyl sites for hydroxylation is 1. The summed E-state index contributed by atoms with van der Waals surface area (Å²) in [4.78, 5) is 16.2. The number of pyridine rings is 1. The summed E-state index contributed by atoms with van der Waals surface area (Å²) in [6, 6.07) is 8.25. The molecule has 1 aromatic heterocycles. The van der Waals surface area contributed by atoms with Crippen molar-refractivity contribution in [2.75, 3.05) is 11.4 Å². The van der Waals surface area contributed by atoms with Crippen LogP contribution in [-0.4, -0.2) is 32.7 Å². The Morgan fingerprint density at radius 2 is 2.00 bits per heavy atom. The van der Waals surface area contributed by atoms with Gasteiger partial charge in [-0.05, 0) is 25.1 Å². The molecule has 2 aromatic rings. The minimum Gasteiger partial charge on any atom is -0.495 e. The number of hydrogen-bond donors (Lipinski definition) is 0. The summed E-state index contributed by atoms with van der Waals surface area (Å²) in [5.41, 5.74) is 1.60. The minimum atomic E-state index is -3.91. The van der Waals surface area contributed by atoms with Crippen LogP contribution in [0.4, 0.5) is 5.82 Å². The third-order valence-electron chi connectivity index (χ3n) is 4.51. The van der Waals surface area contributed by atoms with Crippen LogP contribution in [0.5, 0.6) is 5.75 Å². The molecule has 0 aliphatic carbocycles. The highest BCUT2D eigenvalue weighted by Gasteiger charge is 2.52. The fourth-order valence-electron chi connectivity index (χ4n) is 3.24. The van der Waals surface area contributed by atoms with Crippen LogP contribution in [0, 0.1) is 6.92 Å². The molecule has 8 heteroatoms. The molecule has 0 amide bonds. The number of carbonyl (C=O) groups is 1. The van der Waals surface area contributed by atoms with Crippen LogP contribution in [0.15, 0.2) is 41.4 Å². The zero-order valence-corrected chi connectivity index (χ0v) is 14.5. The molecule has 1 aromatic carbocycles. The van der Waals surface area contributed by atoms with E-state index in [2.05, 4.69) is 4.98 Å². The second kappa shape index (κ2) is 5.45. The molecule has 3 heterocycles. The highest BCUT2D eigenvalue weighted by atomic mass is 32.2. The number of benzene rings is 1. The van der Waals surface area contributed by atoms with E-state index in [0.717, 1.165) is 9.87 Å². The van der Waals surface area contributed by atoms with Crippen LogP contribution in [0.3, 0.4) is 0 Å². The van der Waals surface area contributed by atoms with Crippen LogP contribution in [0.1, 0.15) is 23.5 Å². The fourth-order valence-corrected chi connectivity index (χ4v) is 4.79. The number of esters is 1. The van der Waals surface area contributed by atoms with Crippen LogP contribution in [0.25, 0.3) is 0 Å². The largest absolute Gasteiger partial charge is 0.495 e. The Balaban J connectivity index is 1.86. The first-order valence-electron chi connectivity index (χ1n) is 7.76. The number of ether oxygens (including phenoxy) is 2. The molecule has 2 aliphatic rings. The van der Waals surface area contributed by atoms with Crippen LogP contribution in [0.2, 0.25) is 0 Å². The molecular formula is C17H16N2O5S. The number of carbonyl (C=O) groups excluding carboxylic acids is 1. The van der Waals surface area contributed by atoms with Crippen LogP contribution >= 0.6 is 0 Å². The summed E-state index contributed by atoms with van der Waals surface area (Å²) in [5, 5.41) is 0. The Morgan fingerprint density at radius 3 is 2.68 bits per heavy atom. The van der Waals surface area contributed by atoms with Gasteiger partial charge in [0.2, 0.25) is 0 Å². The summed E-state index contributed by atoms with van der Waals surface area (Å²) in [5.74, 6) is -0.0202. The number of hydrogen-bond acceptors (Lipinski definition) is 6. The molecule has 0 saturated carbocycles. The molecule has 0 bridgehead atoms. The van der Waals surface area contributed by atoms with E-state index < -0.39 is 22.2 Å². The summed E-state index contributed by atoms with van der Waals surface area (Å²) in [7, 11) is -2.41. The summed E-state index contributed by atoms with van der Waals surface area (Å²) in [6.45, 7) is 1.88. The van der Waals surface area contributed by atoms with E-state index in [4.69, 9.17) is 9.47 Å². The Kier molecular flexibility index (Phi) is 3.47. The molecule has 4 rings (SSSR count). The maximum absolute atomic E-state index is 13.2. The maximum atomic E-state index is 13.2. The van der Waals surface area contributed by atoms with Crippen molar-refractivity contribution >= 4 is 21.8 Å². The Morgan fingerprint density at radius 1 is 1.28 bits per heavy atom. The van der Waals surface area contributed by atoms with Crippen molar-refractivity contribution in [1.82, 2.24) is 4.98 Å². The lowest BCUT2D eigenvalue weighted by molar-refractivity contribution is -0.140. The maximum Gasteiger partial charge on any atom is 0.308 e. The van der Waals surface area contributed by atoms with E-state index in [9.17, 15) is 13.2 Å². The van der Waals surface area contributed by atoms with Gasteiger partial charge in [0.15, 0.2) is 6.23 Å². The SMILES string of the molecule is COc1cnc2c(c1)[C@@H]1CC(=O)O[C@@H]1N2S(=O)(=O)c1ccc(C)cc1. The van der Waals surface area contributed by atoms with E-state index in [1.807, 2.05) is 6.92 Å². The van der Waals surface area contributed by atoms with Crippen molar-refractivity contribution in [3.05, 3.63) is 47.7 Å². The van der Waals surface area contributed by atoms with Crippen LogP contribution < -0.4 is 9.04 Å². The standard InChI is InChI=1S/C17H16N2O5S/c1-10-3-5-12(6-4-10)25(21,22)19-16-13(7-11(23-2)9-18-16)14-8-15(20)24-17(14)19/h3-7,9,14,17H,8H2,1-2H3/t14-,17-/m0/s1. The number of methoxy groups -OCH3 is 1. The first kappa shape index (κ1) is 15.9. The summed E-state index contributed by atoms with van der Waals surface area (Å²) >= 11 is 0. The zero-order valence-electron chi connectivity index (χ0n) is 13.7. The average Bonchev–Trinajstić information content (AvgIpc) is 3.09. The number of aromatic nitrogens is 1. The van der Waals surface area contributed by atoms with E-state index in [0.29, 0.717) is 11.3 Å². The monoisotopic (exact) mass is 360 g/mol. The van der Waals surface area contributed by atoms with Gasteiger partial charge in [-0.1, -0.05) is 17.7 Å². The van der Waals surface area contributed by atoms with Gasteiger partial charge in [0.1, 0.15) is 11.6 Å². The van der Waals surface area contributed by atoms with E-state index in [1.165, 1.54) is 25.4 Å². The first-order chi connectivity index (χ1) is 11.9. The molecule has 2 aliphatic heterocycles. The lowest BCUT2D eigenvalue weighted by atomic mass is 10.0. The summed E-state index contributed by atoms with van der Waals surface area (Å²) < 4.78 is 38.0. The molecule has 2 atom stereocenters. The number of nitrogens with zero attached hydrogens (tertiary/aromatic N) is 2. The lowest BCUT2D eigenvalue weighted by Crippen LogP contribution is -2.39. The highest BCUT2D eigenvalue weighted by molar-refractivity contribution is 7.92. The van der Waals surface area contributed by atoms with E-state index in [1.54, 1.807) is 18.2 Å². The predicted octanol–water partition coefficient (Wildman–Crippen LogP) is 1.96. The quantitative estimate of drug-likeness (QED) is 0.778. The lowest BCUT2D eigenvalue weighted by Gasteiger charge is -2.24. The fraction of sp³-hybridized carbons (Fsp3) is 0.294. The van der Waals surface area contributed by atoms with Gasteiger partial charge in [-0.15, -0.1) is 0 Å². The van der Waals surface area contributed by atoms with Gasteiger partial charge >= 0.3 is 5.97 Å². The van der Waals surface area contributed by atoms with Gasteiger partial charge in [0, 0.05) is 5.56 Å². The zero-order chi connectivity index (χ0) is 17.8. The van der Waals surface area contributed by atoms with Gasteiger partial charge in [0.25, 0.3) is 10.0 Å². The van der Waals surface area contributed by atoms with Crippen LogP contribution in [-0.2, 0) is 19.6 Å². The Hall–Kier alpha value is -2.61. The van der Waals surface area contributed by atoms with Gasteiger partial charge in [-0.2, -0.15) is 0 Å². The average molecular weight is 360 g/mol. The molecule has 1 fully saturated rings. The van der Waals surface area contributed by atoms with Crippen molar-refractivity contribution in [2.24, 2.45) is 0 Å². The molecule has 0 spiro atoms. The second-order valence-electron chi connectivity index (χ2n) is 6.09. The van der Waals surface area contributed by atoms with Gasteiger partial charge < -0.3 is 9.47 Å². The van der Waals surface area contributed by atoms with Gasteiger partial charge in [-0.3, -0.25) is 4.79 Å². The molecule has 0 radical (unpaired) electrons. The van der Waals surface area contributed by atoms with Crippen molar-refractivity contribution in [1.29, 1.82) is 0 Å². The topological polar surface area (TPSA) is 85.8 Å². The van der Waals surface area contributed by atoms with Gasteiger partial charge in [-0.25, -0.2) is 17.7 Å². The number of fused-ring (bicyclic) bond motifs is 3. The third-order valence-corrected chi connectivity index (χ3v) is 6.27. The minimum absolute atomic E-state index is 0.117. The van der Waals surface area contributed by atoms with Crippen molar-refractivity contribution in [2.45, 2.75) is 30.4 Å². The number of rotatable bonds is 3. The van der Waals surface area contributed by atoms with Gasteiger partial charge in [0.05, 0.1) is 30.5 Å². The van der Waals surface area contributed by atoms with E-state index >= 15 is 0 Å². The first-order valence-corrected chi connectivity index (χ1v) is 9.20. The molecule has 7 nitrogen and oxygen atoms in total. The molecule has 0 N–H and O–H groups in total. The molecular weight excluding hydrogens is 344 g/mol. The highest BCUT2D eigenvalue weighted by Crippen LogP contribution is 2.48. The summed E-state index contributed by atoms with van der Waals surface area (Å²) in [6.07, 6.45) is 0.666. The predicted molar refractivity (Wildman–Crippen MR) is 88.9 cm³/mol. The van der Waals surface area contributed by atoms with E-state index in [-0.39, 0.29) is 23.1 Å². The molecule has 130 valence electrons. The smallest absolute Gasteiger partial charge is 0.308 e. The Labute approximate surface area is 145 Å². The number of sulfonamides is 1. The van der Waals surface area contributed by atoms with Crippen molar-refractivity contribution < 1.29 is 22.7 Å². The normalized spacial score (nSPS) is 21.7. The van der Waals surface area contributed by atoms with Crippen molar-refractivity contribution in [3.63, 3.8) is 0 Å². The third kappa shape index (κ3) is 2.36. The second-order valence-corrected chi connectivity index (χ2v) is 7.91. The number of anilines is 1.